The van der Waals surface area contributed by atoms with Crippen molar-refractivity contribution >= 4 is 0 Å². The molecular formula is C8H15N3O. The van der Waals surface area contributed by atoms with Gasteiger partial charge in [-0.15, -0.1) is 0 Å². The first-order chi connectivity index (χ1) is 5.66. The SMILES string of the molecule is CC(C)n1ccnc1C(O)CN. The van der Waals surface area contributed by atoms with Crippen LogP contribution in [-0.2, 0) is 0 Å². The lowest BCUT2D eigenvalue weighted by Crippen LogP contribution is -2.17. The minimum absolute atomic E-state index is 0.212. The van der Waals surface area contributed by atoms with Crippen molar-refractivity contribution in [2.45, 2.75) is 26.0 Å². The van der Waals surface area contributed by atoms with Gasteiger partial charge in [0, 0.05) is 25.0 Å². The van der Waals surface area contributed by atoms with Crippen LogP contribution in [0, 0.1) is 0 Å². The van der Waals surface area contributed by atoms with Crippen molar-refractivity contribution in [3.8, 4) is 0 Å². The van der Waals surface area contributed by atoms with Gasteiger partial charge in [0.15, 0.2) is 0 Å². The highest BCUT2D eigenvalue weighted by molar-refractivity contribution is 4.98. The van der Waals surface area contributed by atoms with Crippen molar-refractivity contribution in [1.82, 2.24) is 9.55 Å². The average molecular weight is 169 g/mol. The molecule has 0 saturated heterocycles. The Morgan fingerprint density at radius 1 is 1.67 bits per heavy atom. The molecule has 4 heteroatoms. The molecule has 0 saturated carbocycles. The summed E-state index contributed by atoms with van der Waals surface area (Å²) < 4.78 is 1.91. The van der Waals surface area contributed by atoms with Crippen LogP contribution in [0.15, 0.2) is 12.4 Å². The number of hydrogen-bond donors (Lipinski definition) is 2. The van der Waals surface area contributed by atoms with Crippen molar-refractivity contribution in [3.05, 3.63) is 18.2 Å². The smallest absolute Gasteiger partial charge is 0.139 e. The summed E-state index contributed by atoms with van der Waals surface area (Å²) in [6.07, 6.45) is 2.87. The molecule has 68 valence electrons. The third-order valence-electron chi connectivity index (χ3n) is 1.78. The van der Waals surface area contributed by atoms with E-state index in [2.05, 4.69) is 4.98 Å². The van der Waals surface area contributed by atoms with E-state index in [1.807, 2.05) is 24.6 Å². The maximum atomic E-state index is 9.44. The fraction of sp³-hybridized carbons (Fsp3) is 0.625. The van der Waals surface area contributed by atoms with E-state index in [0.717, 1.165) is 0 Å². The first-order valence-electron chi connectivity index (χ1n) is 4.07. The van der Waals surface area contributed by atoms with Crippen LogP contribution >= 0.6 is 0 Å². The lowest BCUT2D eigenvalue weighted by atomic mass is 10.3. The molecule has 1 heterocycles. The maximum absolute atomic E-state index is 9.44. The summed E-state index contributed by atoms with van der Waals surface area (Å²) in [4.78, 5) is 4.04. The standard InChI is InChI=1S/C8H15N3O/c1-6(2)11-4-3-10-8(11)7(12)5-9/h3-4,6-7,12H,5,9H2,1-2H3. The summed E-state index contributed by atoms with van der Waals surface area (Å²) in [5, 5.41) is 9.44. The van der Waals surface area contributed by atoms with Crippen LogP contribution < -0.4 is 5.73 Å². The van der Waals surface area contributed by atoms with Gasteiger partial charge < -0.3 is 15.4 Å². The maximum Gasteiger partial charge on any atom is 0.139 e. The number of imidazole rings is 1. The lowest BCUT2D eigenvalue weighted by molar-refractivity contribution is 0.170. The van der Waals surface area contributed by atoms with Crippen molar-refractivity contribution in [2.24, 2.45) is 5.73 Å². The first-order valence-corrected chi connectivity index (χ1v) is 4.07. The van der Waals surface area contributed by atoms with E-state index in [0.29, 0.717) is 11.9 Å². The molecule has 1 aromatic heterocycles. The van der Waals surface area contributed by atoms with Gasteiger partial charge in [0.05, 0.1) is 0 Å². The third kappa shape index (κ3) is 1.65. The minimum Gasteiger partial charge on any atom is -0.384 e. The molecular weight excluding hydrogens is 154 g/mol. The normalized spacial score (nSPS) is 13.8. The molecule has 1 rings (SSSR count). The molecule has 0 aliphatic rings. The number of aliphatic hydroxyl groups is 1. The zero-order valence-corrected chi connectivity index (χ0v) is 7.44. The monoisotopic (exact) mass is 169 g/mol. The van der Waals surface area contributed by atoms with Crippen LogP contribution in [0.1, 0.15) is 31.8 Å². The van der Waals surface area contributed by atoms with Gasteiger partial charge in [-0.25, -0.2) is 4.98 Å². The van der Waals surface area contributed by atoms with Crippen LogP contribution in [-0.4, -0.2) is 21.2 Å². The molecule has 0 radical (unpaired) electrons. The molecule has 0 spiro atoms. The quantitative estimate of drug-likeness (QED) is 0.690. The molecule has 0 aliphatic heterocycles. The Bertz CT molecular complexity index is 244. The highest BCUT2D eigenvalue weighted by Crippen LogP contribution is 2.14. The summed E-state index contributed by atoms with van der Waals surface area (Å²) in [5.74, 6) is 0.646. The fourth-order valence-corrected chi connectivity index (χ4v) is 1.12. The topological polar surface area (TPSA) is 64.1 Å². The predicted octanol–water partition coefficient (Wildman–Crippen LogP) is 0.456. The summed E-state index contributed by atoms with van der Waals surface area (Å²) in [6, 6.07) is 0.309. The van der Waals surface area contributed by atoms with E-state index < -0.39 is 6.10 Å². The first kappa shape index (κ1) is 9.22. The van der Waals surface area contributed by atoms with Crippen LogP contribution in [0.3, 0.4) is 0 Å². The minimum atomic E-state index is -0.651. The van der Waals surface area contributed by atoms with Crippen LogP contribution in [0.25, 0.3) is 0 Å². The van der Waals surface area contributed by atoms with E-state index in [1.54, 1.807) is 6.20 Å². The van der Waals surface area contributed by atoms with Crippen molar-refractivity contribution in [3.63, 3.8) is 0 Å². The van der Waals surface area contributed by atoms with E-state index in [4.69, 9.17) is 5.73 Å². The molecule has 3 N–H and O–H groups in total. The molecule has 1 aromatic rings. The lowest BCUT2D eigenvalue weighted by Gasteiger charge is -2.14. The number of rotatable bonds is 3. The summed E-state index contributed by atoms with van der Waals surface area (Å²) >= 11 is 0. The Kier molecular flexibility index (Phi) is 2.83. The third-order valence-corrected chi connectivity index (χ3v) is 1.78. The van der Waals surface area contributed by atoms with Gasteiger partial charge in [-0.05, 0) is 13.8 Å². The second-order valence-corrected chi connectivity index (χ2v) is 3.04. The largest absolute Gasteiger partial charge is 0.384 e. The Balaban J connectivity index is 2.91. The number of aromatic nitrogens is 2. The van der Waals surface area contributed by atoms with Crippen LogP contribution in [0.4, 0.5) is 0 Å². The zero-order valence-electron chi connectivity index (χ0n) is 7.44. The average Bonchev–Trinajstić information content (AvgIpc) is 2.50. The molecule has 4 nitrogen and oxygen atoms in total. The van der Waals surface area contributed by atoms with Crippen molar-refractivity contribution < 1.29 is 5.11 Å². The molecule has 0 bridgehead atoms. The molecule has 1 atom stereocenters. The molecule has 0 fully saturated rings. The van der Waals surface area contributed by atoms with Gasteiger partial charge in [-0.3, -0.25) is 0 Å². The van der Waals surface area contributed by atoms with Crippen molar-refractivity contribution in [1.29, 1.82) is 0 Å². The predicted molar refractivity (Wildman–Crippen MR) is 46.6 cm³/mol. The van der Waals surface area contributed by atoms with Crippen molar-refractivity contribution in [2.75, 3.05) is 6.54 Å². The zero-order chi connectivity index (χ0) is 9.14. The highest BCUT2D eigenvalue weighted by Gasteiger charge is 2.12. The van der Waals surface area contributed by atoms with Gasteiger partial charge in [0.2, 0.25) is 0 Å². The molecule has 0 aliphatic carbocycles. The molecule has 12 heavy (non-hydrogen) atoms. The number of nitrogens with zero attached hydrogens (tertiary/aromatic N) is 2. The van der Waals surface area contributed by atoms with E-state index in [-0.39, 0.29) is 6.54 Å². The summed E-state index contributed by atoms with van der Waals surface area (Å²) in [6.45, 7) is 4.28. The van der Waals surface area contributed by atoms with Gasteiger partial charge in [0.1, 0.15) is 11.9 Å². The molecule has 0 aromatic carbocycles. The second-order valence-electron chi connectivity index (χ2n) is 3.04. The Morgan fingerprint density at radius 2 is 2.33 bits per heavy atom. The van der Waals surface area contributed by atoms with E-state index >= 15 is 0 Å². The van der Waals surface area contributed by atoms with Crippen LogP contribution in [0.5, 0.6) is 0 Å². The Morgan fingerprint density at radius 3 is 2.83 bits per heavy atom. The Hall–Kier alpha value is -0.870. The van der Waals surface area contributed by atoms with Gasteiger partial charge in [0.25, 0.3) is 0 Å². The molecule has 1 unspecified atom stereocenters. The Labute approximate surface area is 72.0 Å². The van der Waals surface area contributed by atoms with Gasteiger partial charge in [-0.1, -0.05) is 0 Å². The van der Waals surface area contributed by atoms with Gasteiger partial charge in [-0.2, -0.15) is 0 Å². The number of aliphatic hydroxyl groups excluding tert-OH is 1. The second kappa shape index (κ2) is 3.69. The van der Waals surface area contributed by atoms with Crippen LogP contribution in [0.2, 0.25) is 0 Å². The summed E-state index contributed by atoms with van der Waals surface area (Å²) in [7, 11) is 0. The van der Waals surface area contributed by atoms with E-state index in [1.165, 1.54) is 0 Å². The number of hydrogen-bond acceptors (Lipinski definition) is 3. The molecule has 0 amide bonds. The number of nitrogens with two attached hydrogens (primary N) is 1. The summed E-state index contributed by atoms with van der Waals surface area (Å²) in [5.41, 5.74) is 5.33. The van der Waals surface area contributed by atoms with Gasteiger partial charge >= 0.3 is 0 Å². The van der Waals surface area contributed by atoms with E-state index in [9.17, 15) is 5.11 Å². The fourth-order valence-electron chi connectivity index (χ4n) is 1.12. The highest BCUT2D eigenvalue weighted by atomic mass is 16.3.